The van der Waals surface area contributed by atoms with Crippen LogP contribution < -0.4 is 0 Å². The Bertz CT molecular complexity index is 1070. The van der Waals surface area contributed by atoms with Crippen molar-refractivity contribution in [2.75, 3.05) is 18.6 Å². The Morgan fingerprint density at radius 3 is 2.39 bits per heavy atom. The van der Waals surface area contributed by atoms with Gasteiger partial charge >= 0.3 is 12.1 Å². The van der Waals surface area contributed by atoms with Gasteiger partial charge in [-0.3, -0.25) is 0 Å². The van der Waals surface area contributed by atoms with Gasteiger partial charge in [0, 0.05) is 18.3 Å². The third kappa shape index (κ3) is 8.52. The van der Waals surface area contributed by atoms with Gasteiger partial charge < -0.3 is 14.4 Å². The van der Waals surface area contributed by atoms with E-state index < -0.39 is 5.60 Å². The van der Waals surface area contributed by atoms with Gasteiger partial charge in [-0.15, -0.1) is 0 Å². The lowest BCUT2D eigenvalue weighted by molar-refractivity contribution is 0.0132. The highest BCUT2D eigenvalue weighted by atomic mass is 32.2. The van der Waals surface area contributed by atoms with Crippen LogP contribution in [0.3, 0.4) is 0 Å². The average molecular weight is 540 g/mol. The average Bonchev–Trinajstić information content (AvgIpc) is 2.89. The number of nitrogens with zero attached hydrogens (tertiary/aromatic N) is 1. The van der Waals surface area contributed by atoms with Gasteiger partial charge in [0.1, 0.15) is 5.60 Å². The van der Waals surface area contributed by atoms with E-state index in [0.717, 1.165) is 40.2 Å². The van der Waals surface area contributed by atoms with Crippen molar-refractivity contribution in [1.82, 2.24) is 4.90 Å². The number of methoxy groups -OCH3 is 1. The summed E-state index contributed by atoms with van der Waals surface area (Å²) in [5.41, 5.74) is 3.80. The summed E-state index contributed by atoms with van der Waals surface area (Å²) in [6, 6.07) is 13.9. The van der Waals surface area contributed by atoms with E-state index in [4.69, 9.17) is 9.47 Å². The second-order valence-electron chi connectivity index (χ2n) is 11.3. The van der Waals surface area contributed by atoms with Crippen LogP contribution in [0, 0.1) is 12.8 Å². The molecule has 38 heavy (non-hydrogen) atoms. The third-order valence-corrected chi connectivity index (χ3v) is 8.22. The van der Waals surface area contributed by atoms with E-state index in [1.807, 2.05) is 86.8 Å². The standard InChI is InChI=1S/C32H45NO4S/c1-7-38-22-26(19-24-14-9-8-10-15-24)33(31(35)37-32(3,4)5)21-25-17-18-28(30(34)36-6)29(20-25)27-16-12-11-13-23(27)2/h11-13,16-18,20,24,26H,7-10,14-15,19,21-22H2,1-6H3/t26-/m0/s1. The van der Waals surface area contributed by atoms with Crippen LogP contribution in [-0.2, 0) is 16.0 Å². The van der Waals surface area contributed by atoms with Crippen LogP contribution in [0.25, 0.3) is 11.1 Å². The van der Waals surface area contributed by atoms with Crippen molar-refractivity contribution in [3.63, 3.8) is 0 Å². The van der Waals surface area contributed by atoms with Crippen LogP contribution >= 0.6 is 11.8 Å². The molecule has 0 radical (unpaired) electrons. The highest BCUT2D eigenvalue weighted by Gasteiger charge is 2.31. The molecule has 1 saturated carbocycles. The molecule has 0 saturated heterocycles. The summed E-state index contributed by atoms with van der Waals surface area (Å²) >= 11 is 1.88. The highest BCUT2D eigenvalue weighted by Crippen LogP contribution is 2.33. The molecule has 6 heteroatoms. The molecular formula is C32H45NO4S. The van der Waals surface area contributed by atoms with Gasteiger partial charge in [0.15, 0.2) is 0 Å². The molecule has 208 valence electrons. The number of amides is 1. The Balaban J connectivity index is 2.01. The maximum Gasteiger partial charge on any atom is 0.410 e. The van der Waals surface area contributed by atoms with E-state index in [0.29, 0.717) is 18.0 Å². The van der Waals surface area contributed by atoms with Crippen molar-refractivity contribution in [3.8, 4) is 11.1 Å². The molecule has 0 heterocycles. The molecule has 1 fully saturated rings. The molecule has 5 nitrogen and oxygen atoms in total. The number of ether oxygens (including phenoxy) is 2. The van der Waals surface area contributed by atoms with E-state index in [1.54, 1.807) is 0 Å². The molecule has 0 unspecified atom stereocenters. The number of esters is 1. The predicted molar refractivity (Wildman–Crippen MR) is 158 cm³/mol. The van der Waals surface area contributed by atoms with Gasteiger partial charge in [-0.25, -0.2) is 9.59 Å². The minimum atomic E-state index is -0.580. The van der Waals surface area contributed by atoms with Crippen molar-refractivity contribution in [3.05, 3.63) is 59.2 Å². The van der Waals surface area contributed by atoms with E-state index >= 15 is 0 Å². The zero-order valence-corrected chi connectivity index (χ0v) is 24.9. The predicted octanol–water partition coefficient (Wildman–Crippen LogP) is 8.28. The maximum atomic E-state index is 13.7. The first-order chi connectivity index (χ1) is 18.1. The molecule has 1 aliphatic rings. The van der Waals surface area contributed by atoms with Crippen molar-refractivity contribution in [2.45, 2.75) is 91.3 Å². The monoisotopic (exact) mass is 539 g/mol. The first-order valence-electron chi connectivity index (χ1n) is 14.0. The van der Waals surface area contributed by atoms with Crippen molar-refractivity contribution < 1.29 is 19.1 Å². The Kier molecular flexibility index (Phi) is 11.1. The summed E-state index contributed by atoms with van der Waals surface area (Å²) in [6.45, 7) is 10.4. The first-order valence-corrected chi connectivity index (χ1v) is 15.1. The molecule has 0 aliphatic heterocycles. The maximum absolute atomic E-state index is 13.7. The number of rotatable bonds is 10. The van der Waals surface area contributed by atoms with E-state index in [2.05, 4.69) is 6.92 Å². The summed E-state index contributed by atoms with van der Waals surface area (Å²) < 4.78 is 11.0. The Morgan fingerprint density at radius 2 is 1.76 bits per heavy atom. The quantitative estimate of drug-likeness (QED) is 0.284. The van der Waals surface area contributed by atoms with E-state index in [9.17, 15) is 9.59 Å². The fraction of sp³-hybridized carbons (Fsp3) is 0.562. The zero-order valence-electron chi connectivity index (χ0n) is 24.0. The van der Waals surface area contributed by atoms with E-state index in [-0.39, 0.29) is 18.1 Å². The minimum Gasteiger partial charge on any atom is -0.465 e. The summed E-state index contributed by atoms with van der Waals surface area (Å²) in [7, 11) is 1.41. The Hall–Kier alpha value is -2.47. The van der Waals surface area contributed by atoms with Crippen LogP contribution in [0.1, 0.15) is 87.7 Å². The smallest absolute Gasteiger partial charge is 0.410 e. The zero-order chi connectivity index (χ0) is 27.7. The lowest BCUT2D eigenvalue weighted by Crippen LogP contribution is -2.45. The largest absolute Gasteiger partial charge is 0.465 e. The summed E-state index contributed by atoms with van der Waals surface area (Å²) in [5.74, 6) is 2.17. The highest BCUT2D eigenvalue weighted by molar-refractivity contribution is 7.99. The van der Waals surface area contributed by atoms with Crippen molar-refractivity contribution >= 4 is 23.8 Å². The molecule has 2 aromatic rings. The number of aryl methyl sites for hydroxylation is 1. The second kappa shape index (κ2) is 14.1. The van der Waals surface area contributed by atoms with Crippen molar-refractivity contribution in [2.24, 2.45) is 5.92 Å². The number of carbonyl (C=O) groups is 2. The lowest BCUT2D eigenvalue weighted by atomic mass is 9.84. The summed E-state index contributed by atoms with van der Waals surface area (Å²) in [4.78, 5) is 28.3. The third-order valence-electron chi connectivity index (χ3n) is 7.19. The van der Waals surface area contributed by atoms with Crippen molar-refractivity contribution in [1.29, 1.82) is 0 Å². The SMILES string of the molecule is CCSC[C@H](CC1CCCCC1)N(Cc1ccc(C(=O)OC)c(-c2ccccc2C)c1)C(=O)OC(C)(C)C. The van der Waals surface area contributed by atoms with Gasteiger partial charge in [-0.1, -0.05) is 69.4 Å². The van der Waals surface area contributed by atoms with Gasteiger partial charge in [-0.05, 0) is 80.2 Å². The number of benzene rings is 2. The number of hydrogen-bond acceptors (Lipinski definition) is 5. The van der Waals surface area contributed by atoms with Gasteiger partial charge in [-0.2, -0.15) is 11.8 Å². The van der Waals surface area contributed by atoms with E-state index in [1.165, 1.54) is 39.2 Å². The molecule has 0 bridgehead atoms. The second-order valence-corrected chi connectivity index (χ2v) is 12.7. The number of hydrogen-bond donors (Lipinski definition) is 0. The summed E-state index contributed by atoms with van der Waals surface area (Å²) in [5, 5.41) is 0. The molecule has 2 aromatic carbocycles. The lowest BCUT2D eigenvalue weighted by Gasteiger charge is -2.36. The summed E-state index contributed by atoms with van der Waals surface area (Å²) in [6.07, 6.45) is 7.07. The number of thioether (sulfide) groups is 1. The number of carbonyl (C=O) groups excluding carboxylic acids is 2. The van der Waals surface area contributed by atoms with Gasteiger partial charge in [0.25, 0.3) is 0 Å². The fourth-order valence-electron chi connectivity index (χ4n) is 5.28. The molecule has 3 rings (SSSR count). The molecule has 1 aliphatic carbocycles. The van der Waals surface area contributed by atoms with Gasteiger partial charge in [0.05, 0.1) is 12.7 Å². The van der Waals surface area contributed by atoms with Crippen LogP contribution in [0.2, 0.25) is 0 Å². The van der Waals surface area contributed by atoms with Crippen LogP contribution in [-0.4, -0.2) is 47.2 Å². The molecule has 0 aromatic heterocycles. The molecular weight excluding hydrogens is 494 g/mol. The first kappa shape index (κ1) is 30.1. The molecule has 1 atom stereocenters. The fourth-order valence-corrected chi connectivity index (χ4v) is 6.11. The topological polar surface area (TPSA) is 55.8 Å². The normalized spacial score (nSPS) is 15.1. The van der Waals surface area contributed by atoms with Crippen LogP contribution in [0.5, 0.6) is 0 Å². The van der Waals surface area contributed by atoms with Crippen LogP contribution in [0.4, 0.5) is 4.79 Å². The minimum absolute atomic E-state index is 0.0834. The van der Waals surface area contributed by atoms with Gasteiger partial charge in [0.2, 0.25) is 0 Å². The molecule has 1 amide bonds. The Morgan fingerprint density at radius 1 is 1.05 bits per heavy atom. The Labute approximate surface area is 233 Å². The van der Waals surface area contributed by atoms with Crippen LogP contribution in [0.15, 0.2) is 42.5 Å². The molecule has 0 spiro atoms. The molecule has 0 N–H and O–H groups in total.